The average molecular weight is 227 g/mol. The molecule has 0 aromatic heterocycles. The van der Waals surface area contributed by atoms with Crippen LogP contribution in [0.2, 0.25) is 0 Å². The topological polar surface area (TPSA) is 105 Å². The number of amides is 1. The van der Waals surface area contributed by atoms with Gasteiger partial charge in [-0.15, -0.1) is 0 Å². The predicted molar refractivity (Wildman–Crippen MR) is 52.2 cm³/mol. The van der Waals surface area contributed by atoms with Gasteiger partial charge in [0.25, 0.3) is 0 Å². The van der Waals surface area contributed by atoms with Crippen LogP contribution in [0.15, 0.2) is 18.2 Å². The number of hydrogen-bond acceptors (Lipinski definition) is 5. The molecule has 0 unspecified atom stereocenters. The fourth-order valence-corrected chi connectivity index (χ4v) is 1.02. The van der Waals surface area contributed by atoms with Crippen LogP contribution in [-0.2, 0) is 9.78 Å². The van der Waals surface area contributed by atoms with Crippen molar-refractivity contribution in [3.63, 3.8) is 0 Å². The molecule has 0 aliphatic rings. The first-order valence-electron chi connectivity index (χ1n) is 4.13. The summed E-state index contributed by atoms with van der Waals surface area (Å²) in [4.78, 5) is 29.8. The lowest BCUT2D eigenvalue weighted by atomic mass is 10.2. The molecule has 0 atom stereocenters. The lowest BCUT2D eigenvalue weighted by Gasteiger charge is -2.07. The molecule has 0 fully saturated rings. The molecule has 7 heteroatoms. The Balaban J connectivity index is 2.93. The van der Waals surface area contributed by atoms with Gasteiger partial charge in [-0.1, -0.05) is 6.07 Å². The van der Waals surface area contributed by atoms with E-state index in [1.54, 1.807) is 0 Å². The van der Waals surface area contributed by atoms with Crippen LogP contribution < -0.4 is 5.32 Å². The molecule has 0 spiro atoms. The highest BCUT2D eigenvalue weighted by atomic mass is 17.2. The summed E-state index contributed by atoms with van der Waals surface area (Å²) in [7, 11) is 1.13. The van der Waals surface area contributed by atoms with Gasteiger partial charge < -0.3 is 10.2 Å². The lowest BCUT2D eigenvalue weighted by Crippen LogP contribution is -2.13. The number of carboxylic acids is 1. The number of carbonyl (C=O) groups excluding carboxylic acids is 1. The molecule has 1 rings (SSSR count). The van der Waals surface area contributed by atoms with Crippen molar-refractivity contribution in [2.75, 3.05) is 12.4 Å². The molecule has 1 aromatic rings. The van der Waals surface area contributed by atoms with Crippen molar-refractivity contribution in [3.05, 3.63) is 23.8 Å². The van der Waals surface area contributed by atoms with Crippen LogP contribution in [0.5, 0.6) is 5.75 Å². The molecular formula is C9H9NO6. The quantitative estimate of drug-likeness (QED) is 0.407. The molecule has 0 saturated heterocycles. The standard InChI is InChI=1S/C9H9NO6/c1-15-16-9(14)10-6-4-2-3-5(7(6)11)8(12)13/h2-4,11H,1H3,(H,10,14)(H,12,13). The number of hydrogen-bond donors (Lipinski definition) is 3. The average Bonchev–Trinajstić information content (AvgIpc) is 2.21. The summed E-state index contributed by atoms with van der Waals surface area (Å²) in [5.41, 5.74) is -0.405. The van der Waals surface area contributed by atoms with E-state index in [0.717, 1.165) is 7.11 Å². The number of benzene rings is 1. The highest BCUT2D eigenvalue weighted by Gasteiger charge is 2.15. The highest BCUT2D eigenvalue weighted by molar-refractivity contribution is 5.95. The number of carbonyl (C=O) groups is 2. The summed E-state index contributed by atoms with van der Waals surface area (Å²) >= 11 is 0. The smallest absolute Gasteiger partial charge is 0.443 e. The second-order valence-electron chi connectivity index (χ2n) is 2.67. The van der Waals surface area contributed by atoms with Crippen molar-refractivity contribution >= 4 is 17.7 Å². The van der Waals surface area contributed by atoms with Gasteiger partial charge in [0, 0.05) is 0 Å². The van der Waals surface area contributed by atoms with Crippen LogP contribution >= 0.6 is 0 Å². The van der Waals surface area contributed by atoms with Crippen LogP contribution in [0.25, 0.3) is 0 Å². The normalized spacial score (nSPS) is 9.56. The summed E-state index contributed by atoms with van der Waals surface area (Å²) in [5, 5.41) is 20.3. The zero-order chi connectivity index (χ0) is 12.1. The van der Waals surface area contributed by atoms with Crippen LogP contribution in [0, 0.1) is 0 Å². The molecule has 0 radical (unpaired) electrons. The minimum Gasteiger partial charge on any atom is -0.505 e. The minimum atomic E-state index is -1.30. The van der Waals surface area contributed by atoms with Crippen LogP contribution in [-0.4, -0.2) is 29.4 Å². The number of nitrogens with one attached hydrogen (secondary N) is 1. The molecule has 0 saturated carbocycles. The van der Waals surface area contributed by atoms with Gasteiger partial charge in [-0.3, -0.25) is 10.2 Å². The van der Waals surface area contributed by atoms with E-state index in [2.05, 4.69) is 15.1 Å². The van der Waals surface area contributed by atoms with E-state index in [4.69, 9.17) is 5.11 Å². The molecule has 1 amide bonds. The Bertz CT molecular complexity index is 416. The van der Waals surface area contributed by atoms with E-state index < -0.39 is 17.8 Å². The molecule has 0 aliphatic carbocycles. The summed E-state index contributed by atoms with van der Waals surface area (Å²) in [6.07, 6.45) is -0.972. The van der Waals surface area contributed by atoms with Gasteiger partial charge in [0.05, 0.1) is 12.8 Å². The fraction of sp³-hybridized carbons (Fsp3) is 0.111. The van der Waals surface area contributed by atoms with Crippen LogP contribution in [0.1, 0.15) is 10.4 Å². The van der Waals surface area contributed by atoms with Crippen molar-refractivity contribution in [3.8, 4) is 5.75 Å². The fourth-order valence-electron chi connectivity index (χ4n) is 1.02. The first-order valence-corrected chi connectivity index (χ1v) is 4.13. The lowest BCUT2D eigenvalue weighted by molar-refractivity contribution is -0.208. The van der Waals surface area contributed by atoms with Gasteiger partial charge in [0.15, 0.2) is 5.75 Å². The Labute approximate surface area is 90.1 Å². The van der Waals surface area contributed by atoms with E-state index in [1.807, 2.05) is 0 Å². The van der Waals surface area contributed by atoms with E-state index in [1.165, 1.54) is 18.2 Å². The summed E-state index contributed by atoms with van der Waals surface area (Å²) < 4.78 is 0. The van der Waals surface area contributed by atoms with Gasteiger partial charge in [-0.25, -0.2) is 9.59 Å². The first kappa shape index (κ1) is 11.8. The molecule has 1 aromatic carbocycles. The van der Waals surface area contributed by atoms with Crippen LogP contribution in [0.4, 0.5) is 10.5 Å². The summed E-state index contributed by atoms with van der Waals surface area (Å²) in [6.45, 7) is 0. The maximum absolute atomic E-state index is 10.9. The minimum absolute atomic E-state index is 0.0815. The Hall–Kier alpha value is -2.28. The molecule has 16 heavy (non-hydrogen) atoms. The van der Waals surface area contributed by atoms with Crippen molar-refractivity contribution in [2.24, 2.45) is 0 Å². The Morgan fingerprint density at radius 3 is 2.62 bits per heavy atom. The first-order chi connectivity index (χ1) is 7.56. The Kier molecular flexibility index (Phi) is 3.67. The van der Waals surface area contributed by atoms with E-state index >= 15 is 0 Å². The van der Waals surface area contributed by atoms with E-state index in [0.29, 0.717) is 0 Å². The van der Waals surface area contributed by atoms with Gasteiger partial charge >= 0.3 is 12.1 Å². The Morgan fingerprint density at radius 1 is 1.38 bits per heavy atom. The molecule has 0 bridgehead atoms. The molecule has 7 nitrogen and oxygen atoms in total. The summed E-state index contributed by atoms with van der Waals surface area (Å²) in [6, 6.07) is 3.88. The SMILES string of the molecule is COOC(=O)Nc1cccc(C(=O)O)c1O. The third kappa shape index (κ3) is 2.61. The highest BCUT2D eigenvalue weighted by Crippen LogP contribution is 2.27. The zero-order valence-electron chi connectivity index (χ0n) is 8.26. The number of rotatable bonds is 3. The monoisotopic (exact) mass is 227 g/mol. The summed E-state index contributed by atoms with van der Waals surface area (Å²) in [5.74, 6) is -1.86. The number of aromatic hydroxyl groups is 1. The van der Waals surface area contributed by atoms with Crippen LogP contribution in [0.3, 0.4) is 0 Å². The number of aromatic carboxylic acids is 1. The molecule has 3 N–H and O–H groups in total. The maximum atomic E-state index is 10.9. The van der Waals surface area contributed by atoms with Gasteiger partial charge in [0.2, 0.25) is 0 Å². The second kappa shape index (κ2) is 4.99. The second-order valence-corrected chi connectivity index (χ2v) is 2.67. The Morgan fingerprint density at radius 2 is 2.06 bits per heavy atom. The van der Waals surface area contributed by atoms with Crippen molar-refractivity contribution in [2.45, 2.75) is 0 Å². The maximum Gasteiger partial charge on any atom is 0.443 e. The van der Waals surface area contributed by atoms with Gasteiger partial charge in [0.1, 0.15) is 5.56 Å². The number of carboxylic acid groups (broad SMARTS) is 1. The van der Waals surface area contributed by atoms with Gasteiger partial charge in [-0.05, 0) is 12.1 Å². The predicted octanol–water partition coefficient (Wildman–Crippen LogP) is 1.20. The van der Waals surface area contributed by atoms with Crippen molar-refractivity contribution in [1.82, 2.24) is 0 Å². The number of anilines is 1. The van der Waals surface area contributed by atoms with Crippen molar-refractivity contribution in [1.29, 1.82) is 0 Å². The molecular weight excluding hydrogens is 218 g/mol. The molecule has 86 valence electrons. The molecule has 0 aliphatic heterocycles. The zero-order valence-corrected chi connectivity index (χ0v) is 8.26. The van der Waals surface area contributed by atoms with E-state index in [-0.39, 0.29) is 11.3 Å². The van der Waals surface area contributed by atoms with Gasteiger partial charge in [-0.2, -0.15) is 4.89 Å². The third-order valence-corrected chi connectivity index (χ3v) is 1.66. The largest absolute Gasteiger partial charge is 0.505 e. The van der Waals surface area contributed by atoms with E-state index in [9.17, 15) is 14.7 Å². The number of para-hydroxylation sites is 1. The van der Waals surface area contributed by atoms with Crippen molar-refractivity contribution < 1.29 is 29.6 Å². The molecule has 0 heterocycles. The number of phenols is 1. The third-order valence-electron chi connectivity index (χ3n) is 1.66.